The predicted molar refractivity (Wildman–Crippen MR) is 123 cm³/mol. The Morgan fingerprint density at radius 3 is 2.55 bits per heavy atom. The van der Waals surface area contributed by atoms with Gasteiger partial charge in [0.1, 0.15) is 0 Å². The molecular formula is C27H34O2. The lowest BCUT2D eigenvalue weighted by atomic mass is 9.72. The zero-order valence-corrected chi connectivity index (χ0v) is 18.2. The number of aryl methyl sites for hydroxylation is 1. The van der Waals surface area contributed by atoms with Gasteiger partial charge in [-0.2, -0.15) is 0 Å². The third-order valence-electron chi connectivity index (χ3n) is 5.58. The number of aliphatic carboxylic acids is 1. The molecule has 0 bridgehead atoms. The van der Waals surface area contributed by atoms with Crippen molar-refractivity contribution in [1.82, 2.24) is 0 Å². The Hall–Kier alpha value is -2.61. The lowest BCUT2D eigenvalue weighted by molar-refractivity contribution is -0.131. The Morgan fingerprint density at radius 2 is 1.90 bits per heavy atom. The summed E-state index contributed by atoms with van der Waals surface area (Å²) in [4.78, 5) is 11.1. The van der Waals surface area contributed by atoms with Crippen LogP contribution >= 0.6 is 0 Å². The summed E-state index contributed by atoms with van der Waals surface area (Å²) < 4.78 is 0. The number of allylic oxidation sites excluding steroid dienone is 9. The monoisotopic (exact) mass is 390 g/mol. The van der Waals surface area contributed by atoms with E-state index in [0.717, 1.165) is 17.6 Å². The minimum absolute atomic E-state index is 0.240. The Morgan fingerprint density at radius 1 is 1.17 bits per heavy atom. The van der Waals surface area contributed by atoms with Gasteiger partial charge in [-0.1, -0.05) is 85.7 Å². The van der Waals surface area contributed by atoms with Crippen LogP contribution < -0.4 is 0 Å². The van der Waals surface area contributed by atoms with Crippen molar-refractivity contribution in [3.63, 3.8) is 0 Å². The van der Waals surface area contributed by atoms with Gasteiger partial charge in [0.05, 0.1) is 0 Å². The van der Waals surface area contributed by atoms with Crippen molar-refractivity contribution < 1.29 is 9.90 Å². The van der Waals surface area contributed by atoms with E-state index in [0.29, 0.717) is 6.42 Å². The van der Waals surface area contributed by atoms with Gasteiger partial charge in [-0.15, -0.1) is 0 Å². The largest absolute Gasteiger partial charge is 0.478 e. The van der Waals surface area contributed by atoms with Gasteiger partial charge in [-0.25, -0.2) is 4.79 Å². The highest BCUT2D eigenvalue weighted by molar-refractivity contribution is 5.81. The maximum atomic E-state index is 11.1. The first-order chi connectivity index (χ1) is 13.8. The lowest BCUT2D eigenvalue weighted by Gasteiger charge is -2.32. The molecule has 1 aromatic carbocycles. The first-order valence-electron chi connectivity index (χ1n) is 10.5. The average molecular weight is 391 g/mol. The summed E-state index contributed by atoms with van der Waals surface area (Å²) in [6.07, 6.45) is 16.9. The molecule has 1 N–H and O–H groups in total. The summed E-state index contributed by atoms with van der Waals surface area (Å²) in [5, 5.41) is 9.15. The summed E-state index contributed by atoms with van der Waals surface area (Å²) in [5.41, 5.74) is 6.37. The Labute approximate surface area is 176 Å². The fourth-order valence-electron chi connectivity index (χ4n) is 3.90. The highest BCUT2D eigenvalue weighted by Crippen LogP contribution is 2.40. The lowest BCUT2D eigenvalue weighted by Crippen LogP contribution is -2.19. The predicted octanol–water partition coefficient (Wildman–Crippen LogP) is 7.22. The maximum absolute atomic E-state index is 11.1. The van der Waals surface area contributed by atoms with Crippen LogP contribution in [0.4, 0.5) is 0 Å². The van der Waals surface area contributed by atoms with Crippen LogP contribution in [0, 0.1) is 5.41 Å². The van der Waals surface area contributed by atoms with Crippen molar-refractivity contribution in [2.75, 3.05) is 0 Å². The van der Waals surface area contributed by atoms with Crippen LogP contribution in [0.1, 0.15) is 58.9 Å². The van der Waals surface area contributed by atoms with E-state index in [9.17, 15) is 4.79 Å². The van der Waals surface area contributed by atoms with E-state index >= 15 is 0 Å². The second kappa shape index (κ2) is 10.8. The summed E-state index contributed by atoms with van der Waals surface area (Å²) in [5.74, 6) is -0.903. The minimum atomic E-state index is -0.903. The molecule has 2 rings (SSSR count). The van der Waals surface area contributed by atoms with Crippen LogP contribution in [-0.4, -0.2) is 11.1 Å². The third kappa shape index (κ3) is 7.73. The Kier molecular flexibility index (Phi) is 8.45. The van der Waals surface area contributed by atoms with Crippen molar-refractivity contribution in [2.24, 2.45) is 5.41 Å². The number of benzene rings is 1. The van der Waals surface area contributed by atoms with E-state index in [1.165, 1.54) is 42.0 Å². The molecule has 2 heteroatoms. The van der Waals surface area contributed by atoms with Gasteiger partial charge >= 0.3 is 5.97 Å². The maximum Gasteiger partial charge on any atom is 0.328 e. The molecule has 0 spiro atoms. The van der Waals surface area contributed by atoms with E-state index in [2.05, 4.69) is 52.0 Å². The van der Waals surface area contributed by atoms with Crippen LogP contribution in [-0.2, 0) is 11.2 Å². The zero-order valence-electron chi connectivity index (χ0n) is 18.2. The van der Waals surface area contributed by atoms with Crippen molar-refractivity contribution in [3.8, 4) is 0 Å². The number of rotatable bonds is 8. The topological polar surface area (TPSA) is 37.3 Å². The molecule has 2 nitrogen and oxygen atoms in total. The van der Waals surface area contributed by atoms with Crippen LogP contribution in [0.15, 0.2) is 89.1 Å². The summed E-state index contributed by atoms with van der Waals surface area (Å²) in [6, 6.07) is 10.1. The number of carbonyl (C=O) groups is 1. The number of carboxylic acid groups (broad SMARTS) is 1. The summed E-state index contributed by atoms with van der Waals surface area (Å²) >= 11 is 0. The van der Waals surface area contributed by atoms with Gasteiger partial charge in [0, 0.05) is 6.08 Å². The normalized spacial score (nSPS) is 18.1. The van der Waals surface area contributed by atoms with Crippen molar-refractivity contribution in [3.05, 3.63) is 94.6 Å². The molecule has 0 fully saturated rings. The Balaban J connectivity index is 2.04. The van der Waals surface area contributed by atoms with E-state index in [-0.39, 0.29) is 5.41 Å². The number of hydrogen-bond donors (Lipinski definition) is 1. The molecular weight excluding hydrogens is 356 g/mol. The molecule has 1 aliphatic rings. The van der Waals surface area contributed by atoms with E-state index in [1.54, 1.807) is 0 Å². The van der Waals surface area contributed by atoms with E-state index in [4.69, 9.17) is 5.11 Å². The number of carboxylic acids is 1. The molecule has 0 atom stereocenters. The molecule has 1 aliphatic carbocycles. The molecule has 0 heterocycles. The fourth-order valence-corrected chi connectivity index (χ4v) is 3.90. The molecule has 0 radical (unpaired) electrons. The van der Waals surface area contributed by atoms with E-state index < -0.39 is 5.97 Å². The molecule has 0 saturated carbocycles. The fraction of sp³-hybridized carbons (Fsp3) is 0.370. The van der Waals surface area contributed by atoms with Gasteiger partial charge in [0.2, 0.25) is 0 Å². The van der Waals surface area contributed by atoms with Gasteiger partial charge in [-0.05, 0) is 68.1 Å². The first-order valence-corrected chi connectivity index (χ1v) is 10.5. The first kappa shape index (κ1) is 22.7. The van der Waals surface area contributed by atoms with Crippen LogP contribution in [0.5, 0.6) is 0 Å². The average Bonchev–Trinajstić information content (AvgIpc) is 2.65. The molecule has 0 aromatic heterocycles. The Bertz CT molecular complexity index is 846. The third-order valence-corrected chi connectivity index (χ3v) is 5.58. The zero-order chi connectivity index (χ0) is 21.3. The van der Waals surface area contributed by atoms with Gasteiger partial charge in [-0.3, -0.25) is 0 Å². The molecule has 0 unspecified atom stereocenters. The molecule has 0 aliphatic heterocycles. The summed E-state index contributed by atoms with van der Waals surface area (Å²) in [7, 11) is 0. The molecule has 154 valence electrons. The molecule has 0 amide bonds. The van der Waals surface area contributed by atoms with Crippen molar-refractivity contribution in [1.29, 1.82) is 0 Å². The number of hydrogen-bond acceptors (Lipinski definition) is 1. The smallest absolute Gasteiger partial charge is 0.328 e. The second-order valence-corrected chi connectivity index (χ2v) is 8.58. The summed E-state index contributed by atoms with van der Waals surface area (Å²) in [6.45, 7) is 8.97. The minimum Gasteiger partial charge on any atom is -0.478 e. The quantitative estimate of drug-likeness (QED) is 0.376. The highest BCUT2D eigenvalue weighted by Gasteiger charge is 2.26. The molecule has 29 heavy (non-hydrogen) atoms. The highest BCUT2D eigenvalue weighted by atomic mass is 16.4. The van der Waals surface area contributed by atoms with Crippen molar-refractivity contribution >= 4 is 5.97 Å². The molecule has 1 aromatic rings. The van der Waals surface area contributed by atoms with E-state index in [1.807, 2.05) is 36.4 Å². The second-order valence-electron chi connectivity index (χ2n) is 8.58. The van der Waals surface area contributed by atoms with Crippen LogP contribution in [0.2, 0.25) is 0 Å². The van der Waals surface area contributed by atoms with Gasteiger partial charge < -0.3 is 5.11 Å². The SMILES string of the molecule is CC1=C(/C=C/C(C)=C\C=C\C(=C\C(=O)O)CCc2ccccc2)C(C)(C)CCC1. The van der Waals surface area contributed by atoms with Crippen LogP contribution in [0.3, 0.4) is 0 Å². The van der Waals surface area contributed by atoms with Crippen LogP contribution in [0.25, 0.3) is 0 Å². The molecule has 0 saturated heterocycles. The van der Waals surface area contributed by atoms with Gasteiger partial charge in [0.25, 0.3) is 0 Å². The standard InChI is InChI=1S/C27H34O2/c1-21(15-18-25-22(2)11-9-19-27(25,3)4)10-8-14-24(20-26(28)29)17-16-23-12-6-5-7-13-23/h5-8,10,12-15,18,20H,9,11,16-17,19H2,1-4H3,(H,28,29)/b14-8+,18-15+,21-10-,24-20-. The van der Waals surface area contributed by atoms with Gasteiger partial charge in [0.15, 0.2) is 0 Å². The van der Waals surface area contributed by atoms with Crippen molar-refractivity contribution in [2.45, 2.75) is 59.8 Å².